The molecule has 1 aliphatic heterocycles. The van der Waals surface area contributed by atoms with Gasteiger partial charge in [-0.25, -0.2) is 19.5 Å². The summed E-state index contributed by atoms with van der Waals surface area (Å²) in [5, 5.41) is 13.0. The summed E-state index contributed by atoms with van der Waals surface area (Å²) in [7, 11) is 0. The van der Waals surface area contributed by atoms with Gasteiger partial charge < -0.3 is 4.74 Å². The molecule has 2 unspecified atom stereocenters. The summed E-state index contributed by atoms with van der Waals surface area (Å²) in [6.07, 6.45) is -0.773. The monoisotopic (exact) mass is 291 g/mol. The number of ether oxygens (including phenoxy) is 1. The Bertz CT molecular complexity index is 589. The molecule has 1 aromatic rings. The fourth-order valence-corrected chi connectivity index (χ4v) is 2.79. The molecular formula is C13H13N3O3S. The lowest BCUT2D eigenvalue weighted by molar-refractivity contribution is 0.0982. The maximum Gasteiger partial charge on any atom is 0.418 e. The molecule has 0 spiro atoms. The van der Waals surface area contributed by atoms with Gasteiger partial charge in [-0.05, 0) is 36.2 Å². The number of carbonyl (C=O) groups excluding carboxylic acids is 2. The van der Waals surface area contributed by atoms with Crippen molar-refractivity contribution in [3.8, 4) is 6.07 Å². The third-order valence-electron chi connectivity index (χ3n) is 3.01. The Labute approximate surface area is 120 Å². The van der Waals surface area contributed by atoms with Crippen LogP contribution in [0, 0.1) is 17.2 Å². The van der Waals surface area contributed by atoms with Crippen molar-refractivity contribution in [3.63, 3.8) is 0 Å². The summed E-state index contributed by atoms with van der Waals surface area (Å²) in [6, 6.07) is 2.53. The first-order valence-electron chi connectivity index (χ1n) is 6.07. The van der Waals surface area contributed by atoms with E-state index >= 15 is 0 Å². The molecule has 0 radical (unpaired) electrons. The first-order valence-corrected chi connectivity index (χ1v) is 7.01. The molecule has 0 aliphatic carbocycles. The molecular weight excluding hydrogens is 278 g/mol. The van der Waals surface area contributed by atoms with Gasteiger partial charge in [-0.3, -0.25) is 0 Å². The Balaban J connectivity index is 2.48. The molecule has 0 saturated carbocycles. The molecule has 2 atom stereocenters. The van der Waals surface area contributed by atoms with Crippen LogP contribution in [0.2, 0.25) is 0 Å². The van der Waals surface area contributed by atoms with Crippen LogP contribution < -0.4 is 0 Å². The van der Waals surface area contributed by atoms with Crippen LogP contribution in [0.3, 0.4) is 0 Å². The van der Waals surface area contributed by atoms with Crippen molar-refractivity contribution in [1.29, 1.82) is 5.26 Å². The number of nitrogens with zero attached hydrogens (tertiary/aromatic N) is 3. The summed E-state index contributed by atoms with van der Waals surface area (Å²) in [5.74, 6) is -0.660. The van der Waals surface area contributed by atoms with Gasteiger partial charge in [0.25, 0.3) is 0 Å². The fraction of sp³-hybridized carbons (Fsp3) is 0.385. The van der Waals surface area contributed by atoms with Crippen molar-refractivity contribution in [2.45, 2.75) is 19.9 Å². The normalized spacial score (nSPS) is 22.1. The first kappa shape index (κ1) is 14.2. The third-order valence-corrected chi connectivity index (χ3v) is 3.71. The Hall–Kier alpha value is -2.20. The summed E-state index contributed by atoms with van der Waals surface area (Å²) in [4.78, 5) is 28.7. The molecule has 7 heteroatoms. The molecule has 0 N–H and O–H groups in total. The van der Waals surface area contributed by atoms with E-state index in [1.54, 1.807) is 19.9 Å². The summed E-state index contributed by atoms with van der Waals surface area (Å²) in [5.41, 5.74) is 1.14. The zero-order chi connectivity index (χ0) is 14.7. The molecule has 20 heavy (non-hydrogen) atoms. The maximum atomic E-state index is 12.0. The quantitative estimate of drug-likeness (QED) is 0.838. The highest BCUT2D eigenvalue weighted by molar-refractivity contribution is 7.08. The minimum absolute atomic E-state index is 0.152. The Kier molecular flexibility index (Phi) is 4.15. The van der Waals surface area contributed by atoms with Crippen LogP contribution in [0.4, 0.5) is 9.59 Å². The second kappa shape index (κ2) is 5.84. The van der Waals surface area contributed by atoms with Crippen molar-refractivity contribution in [1.82, 2.24) is 4.90 Å². The molecule has 2 rings (SSSR count). The van der Waals surface area contributed by atoms with Crippen LogP contribution in [0.15, 0.2) is 21.8 Å². The van der Waals surface area contributed by atoms with Crippen LogP contribution in [0.25, 0.3) is 0 Å². The number of thiophene rings is 1. The number of rotatable bonds is 2. The SMILES string of the molecule is CCOC(=O)N1C(=O)N=C(C)C(C#N)C1c1ccsc1. The van der Waals surface area contributed by atoms with Crippen LogP contribution in [-0.4, -0.2) is 29.3 Å². The largest absolute Gasteiger partial charge is 0.449 e. The maximum absolute atomic E-state index is 12.0. The number of imide groups is 1. The van der Waals surface area contributed by atoms with Gasteiger partial charge in [0.1, 0.15) is 5.92 Å². The molecule has 104 valence electrons. The van der Waals surface area contributed by atoms with Crippen LogP contribution in [-0.2, 0) is 4.74 Å². The van der Waals surface area contributed by atoms with Gasteiger partial charge >= 0.3 is 12.1 Å². The molecule has 0 bridgehead atoms. The topological polar surface area (TPSA) is 82.8 Å². The number of hydrogen-bond donors (Lipinski definition) is 0. The van der Waals surface area contributed by atoms with Crippen LogP contribution in [0.5, 0.6) is 0 Å². The van der Waals surface area contributed by atoms with Crippen molar-refractivity contribution in [2.24, 2.45) is 10.9 Å². The van der Waals surface area contributed by atoms with Crippen molar-refractivity contribution < 1.29 is 14.3 Å². The first-order chi connectivity index (χ1) is 9.60. The number of nitriles is 1. The van der Waals surface area contributed by atoms with Gasteiger partial charge in [-0.15, -0.1) is 0 Å². The zero-order valence-electron chi connectivity index (χ0n) is 11.1. The van der Waals surface area contributed by atoms with E-state index in [-0.39, 0.29) is 6.61 Å². The lowest BCUT2D eigenvalue weighted by atomic mass is 9.90. The molecule has 0 saturated heterocycles. The molecule has 6 nitrogen and oxygen atoms in total. The van der Waals surface area contributed by atoms with E-state index in [1.807, 2.05) is 10.8 Å². The summed E-state index contributed by atoms with van der Waals surface area (Å²) >= 11 is 1.44. The summed E-state index contributed by atoms with van der Waals surface area (Å²) < 4.78 is 4.90. The average molecular weight is 291 g/mol. The fourth-order valence-electron chi connectivity index (χ4n) is 2.10. The van der Waals surface area contributed by atoms with Crippen LogP contribution >= 0.6 is 11.3 Å². The number of amides is 3. The van der Waals surface area contributed by atoms with Crippen molar-refractivity contribution in [3.05, 3.63) is 22.4 Å². The highest BCUT2D eigenvalue weighted by atomic mass is 32.1. The van der Waals surface area contributed by atoms with E-state index in [0.29, 0.717) is 5.71 Å². The smallest absolute Gasteiger partial charge is 0.418 e. The van der Waals surface area contributed by atoms with Gasteiger partial charge in [-0.2, -0.15) is 16.6 Å². The Morgan fingerprint density at radius 1 is 1.65 bits per heavy atom. The number of carbonyl (C=O) groups is 2. The number of urea groups is 1. The summed E-state index contributed by atoms with van der Waals surface area (Å²) in [6.45, 7) is 3.43. The van der Waals surface area contributed by atoms with Gasteiger partial charge in [-0.1, -0.05) is 0 Å². The lowest BCUT2D eigenvalue weighted by Gasteiger charge is -2.33. The Morgan fingerprint density at radius 3 is 2.95 bits per heavy atom. The molecule has 1 aliphatic rings. The zero-order valence-corrected chi connectivity index (χ0v) is 11.9. The van der Waals surface area contributed by atoms with E-state index < -0.39 is 24.1 Å². The van der Waals surface area contributed by atoms with Gasteiger partial charge in [0, 0.05) is 5.71 Å². The van der Waals surface area contributed by atoms with E-state index in [0.717, 1.165) is 10.5 Å². The highest BCUT2D eigenvalue weighted by Crippen LogP contribution is 2.35. The average Bonchev–Trinajstić information content (AvgIpc) is 2.91. The van der Waals surface area contributed by atoms with Gasteiger partial charge in [0.05, 0.1) is 18.7 Å². The molecule has 3 amide bonds. The van der Waals surface area contributed by atoms with E-state index in [1.165, 1.54) is 11.3 Å². The predicted octanol–water partition coefficient (Wildman–Crippen LogP) is 2.98. The van der Waals surface area contributed by atoms with Gasteiger partial charge in [0.2, 0.25) is 0 Å². The predicted molar refractivity (Wildman–Crippen MR) is 73.5 cm³/mol. The molecule has 0 aromatic carbocycles. The van der Waals surface area contributed by atoms with Crippen molar-refractivity contribution >= 4 is 29.2 Å². The lowest BCUT2D eigenvalue weighted by Crippen LogP contribution is -2.46. The number of hydrogen-bond acceptors (Lipinski definition) is 5. The van der Waals surface area contributed by atoms with Crippen LogP contribution in [0.1, 0.15) is 25.5 Å². The van der Waals surface area contributed by atoms with Gasteiger partial charge in [0.15, 0.2) is 0 Å². The highest BCUT2D eigenvalue weighted by Gasteiger charge is 2.42. The minimum atomic E-state index is -0.773. The number of aliphatic imine (C=N–C) groups is 1. The molecule has 1 aromatic heterocycles. The molecule has 0 fully saturated rings. The van der Waals surface area contributed by atoms with E-state index in [2.05, 4.69) is 11.1 Å². The Morgan fingerprint density at radius 2 is 2.40 bits per heavy atom. The second-order valence-electron chi connectivity index (χ2n) is 4.21. The van der Waals surface area contributed by atoms with E-state index in [9.17, 15) is 14.9 Å². The van der Waals surface area contributed by atoms with E-state index in [4.69, 9.17) is 4.74 Å². The second-order valence-corrected chi connectivity index (χ2v) is 4.99. The van der Waals surface area contributed by atoms with Crippen molar-refractivity contribution in [2.75, 3.05) is 6.61 Å². The molecule has 2 heterocycles. The standard InChI is InChI=1S/C13H13N3O3S/c1-3-19-13(18)16-11(9-4-5-20-7-9)10(6-14)8(2)15-12(16)17/h4-5,7,10-11H,3H2,1-2H3. The minimum Gasteiger partial charge on any atom is -0.449 e. The third kappa shape index (κ3) is 2.42.